The number of carbonyl (C=O) groups is 1. The summed E-state index contributed by atoms with van der Waals surface area (Å²) in [5.41, 5.74) is 7.28. The van der Waals surface area contributed by atoms with E-state index >= 15 is 0 Å². The lowest BCUT2D eigenvalue weighted by atomic mass is 9.98. The fourth-order valence-corrected chi connectivity index (χ4v) is 3.67. The van der Waals surface area contributed by atoms with Gasteiger partial charge in [0.2, 0.25) is 0 Å². The van der Waals surface area contributed by atoms with Crippen LogP contribution in [-0.2, 0) is 5.54 Å². The number of nitrogens with one attached hydrogen (secondary N) is 1. The first-order valence-electron chi connectivity index (χ1n) is 9.72. The molecule has 1 aromatic heterocycles. The van der Waals surface area contributed by atoms with Gasteiger partial charge in [-0.2, -0.15) is 4.98 Å². The number of rotatable bonds is 6. The molecule has 0 saturated heterocycles. The Kier molecular flexibility index (Phi) is 6.74. The fourth-order valence-electron chi connectivity index (χ4n) is 3.67. The van der Waals surface area contributed by atoms with Crippen molar-refractivity contribution in [3.05, 3.63) is 77.4 Å². The van der Waals surface area contributed by atoms with Gasteiger partial charge in [-0.05, 0) is 42.7 Å². The summed E-state index contributed by atoms with van der Waals surface area (Å²) in [5, 5.41) is 7.14. The molecule has 8 heteroatoms. The van der Waals surface area contributed by atoms with E-state index in [2.05, 4.69) is 15.5 Å². The summed E-state index contributed by atoms with van der Waals surface area (Å²) in [7, 11) is 1.59. The molecule has 0 aliphatic heterocycles. The van der Waals surface area contributed by atoms with Gasteiger partial charge in [-0.25, -0.2) is 0 Å². The number of hydrogen-bond donors (Lipinski definition) is 2. The third-order valence-electron chi connectivity index (χ3n) is 5.39. The Morgan fingerprint density at radius 2 is 1.80 bits per heavy atom. The first kappa shape index (κ1) is 21.8. The van der Waals surface area contributed by atoms with Crippen LogP contribution in [-0.4, -0.2) is 23.2 Å². The molecular formula is C22H25ClN4O3. The van der Waals surface area contributed by atoms with E-state index in [1.807, 2.05) is 30.3 Å². The van der Waals surface area contributed by atoms with Gasteiger partial charge in [0, 0.05) is 5.56 Å². The molecule has 2 aromatic carbocycles. The Balaban J connectivity index is 0.00000256. The third-order valence-corrected chi connectivity index (χ3v) is 5.39. The minimum absolute atomic E-state index is 0. The van der Waals surface area contributed by atoms with E-state index < -0.39 is 11.6 Å². The van der Waals surface area contributed by atoms with Crippen LogP contribution in [0.4, 0.5) is 0 Å². The van der Waals surface area contributed by atoms with Crippen molar-refractivity contribution in [1.29, 1.82) is 0 Å². The van der Waals surface area contributed by atoms with Gasteiger partial charge in [0.25, 0.3) is 11.8 Å². The number of methoxy groups -OCH3 is 1. The minimum Gasteiger partial charge on any atom is -0.497 e. The summed E-state index contributed by atoms with van der Waals surface area (Å²) < 4.78 is 10.7. The van der Waals surface area contributed by atoms with E-state index in [0.717, 1.165) is 31.2 Å². The number of amides is 1. The number of hydrogen-bond acceptors (Lipinski definition) is 6. The van der Waals surface area contributed by atoms with Crippen molar-refractivity contribution in [2.75, 3.05) is 7.11 Å². The van der Waals surface area contributed by atoms with Gasteiger partial charge in [0.15, 0.2) is 5.82 Å². The second kappa shape index (κ2) is 9.28. The van der Waals surface area contributed by atoms with Crippen LogP contribution in [0.2, 0.25) is 0 Å². The maximum absolute atomic E-state index is 12.9. The van der Waals surface area contributed by atoms with Crippen LogP contribution in [0, 0.1) is 0 Å². The maximum atomic E-state index is 12.9. The number of ether oxygens (including phenoxy) is 1. The zero-order valence-electron chi connectivity index (χ0n) is 16.7. The largest absolute Gasteiger partial charge is 0.497 e. The van der Waals surface area contributed by atoms with Gasteiger partial charge in [-0.15, -0.1) is 12.4 Å². The summed E-state index contributed by atoms with van der Waals surface area (Å²) in [6.45, 7) is 0. The molecule has 0 spiro atoms. The third kappa shape index (κ3) is 4.47. The Morgan fingerprint density at radius 1 is 1.13 bits per heavy atom. The summed E-state index contributed by atoms with van der Waals surface area (Å²) >= 11 is 0. The monoisotopic (exact) mass is 428 g/mol. The van der Waals surface area contributed by atoms with Crippen molar-refractivity contribution in [2.24, 2.45) is 5.73 Å². The van der Waals surface area contributed by atoms with Crippen molar-refractivity contribution < 1.29 is 14.1 Å². The molecule has 0 bridgehead atoms. The highest BCUT2D eigenvalue weighted by atomic mass is 35.5. The van der Waals surface area contributed by atoms with E-state index in [9.17, 15) is 4.79 Å². The molecule has 4 rings (SSSR count). The van der Waals surface area contributed by atoms with Crippen molar-refractivity contribution in [2.45, 2.75) is 37.3 Å². The molecule has 3 aromatic rings. The molecule has 1 aliphatic rings. The molecule has 30 heavy (non-hydrogen) atoms. The van der Waals surface area contributed by atoms with Crippen molar-refractivity contribution >= 4 is 18.3 Å². The molecule has 1 saturated carbocycles. The second-order valence-electron chi connectivity index (χ2n) is 7.37. The maximum Gasteiger partial charge on any atom is 0.253 e. The van der Waals surface area contributed by atoms with E-state index in [1.165, 1.54) is 0 Å². The Labute approximate surface area is 181 Å². The van der Waals surface area contributed by atoms with Crippen LogP contribution in [0.15, 0.2) is 59.1 Å². The van der Waals surface area contributed by atoms with Gasteiger partial charge in [-0.1, -0.05) is 48.3 Å². The van der Waals surface area contributed by atoms with Crippen LogP contribution in [0.3, 0.4) is 0 Å². The highest BCUT2D eigenvalue weighted by molar-refractivity contribution is 5.94. The fraction of sp³-hybridized carbons (Fsp3) is 0.318. The van der Waals surface area contributed by atoms with Crippen molar-refractivity contribution in [1.82, 2.24) is 15.5 Å². The molecular weight excluding hydrogens is 404 g/mol. The molecule has 1 unspecified atom stereocenters. The first-order valence-corrected chi connectivity index (χ1v) is 9.72. The highest BCUT2D eigenvalue weighted by Crippen LogP contribution is 2.35. The van der Waals surface area contributed by atoms with Crippen LogP contribution in [0.25, 0.3) is 0 Å². The summed E-state index contributed by atoms with van der Waals surface area (Å²) in [4.78, 5) is 17.4. The summed E-state index contributed by atoms with van der Waals surface area (Å²) in [6, 6.07) is 15.9. The summed E-state index contributed by atoms with van der Waals surface area (Å²) in [6.07, 6.45) is 3.77. The van der Waals surface area contributed by atoms with Gasteiger partial charge < -0.3 is 20.3 Å². The van der Waals surface area contributed by atoms with E-state index in [1.54, 1.807) is 31.4 Å². The average Bonchev–Trinajstić information content (AvgIpc) is 3.43. The lowest BCUT2D eigenvalue weighted by molar-refractivity contribution is 0.0936. The number of carbonyl (C=O) groups excluding carboxylic acids is 1. The molecule has 3 N–H and O–H groups in total. The number of nitrogens with two attached hydrogens (primary N) is 1. The molecule has 1 amide bonds. The first-order chi connectivity index (χ1) is 14.1. The zero-order valence-corrected chi connectivity index (χ0v) is 17.5. The number of nitrogens with zero attached hydrogens (tertiary/aromatic N) is 2. The van der Waals surface area contributed by atoms with Gasteiger partial charge >= 0.3 is 0 Å². The molecule has 1 heterocycles. The number of aromatic nitrogens is 2. The molecule has 7 nitrogen and oxygen atoms in total. The SMILES string of the molecule is COc1ccc(C(=O)NC(c2ccccc2)c2nc(C3(N)CCCC3)no2)cc1.Cl. The normalized spacial score (nSPS) is 15.8. The Hall–Kier alpha value is -2.90. The smallest absolute Gasteiger partial charge is 0.253 e. The molecule has 0 radical (unpaired) electrons. The summed E-state index contributed by atoms with van der Waals surface area (Å²) in [5.74, 6) is 1.27. The quantitative estimate of drug-likeness (QED) is 0.619. The van der Waals surface area contributed by atoms with E-state index in [-0.39, 0.29) is 18.3 Å². The lowest BCUT2D eigenvalue weighted by Gasteiger charge is -2.18. The number of benzene rings is 2. The van der Waals surface area contributed by atoms with E-state index in [0.29, 0.717) is 23.0 Å². The molecule has 1 fully saturated rings. The lowest BCUT2D eigenvalue weighted by Crippen LogP contribution is -2.34. The van der Waals surface area contributed by atoms with Gasteiger partial charge in [0.05, 0.1) is 12.6 Å². The van der Waals surface area contributed by atoms with E-state index in [4.69, 9.17) is 15.0 Å². The Morgan fingerprint density at radius 3 is 2.43 bits per heavy atom. The standard InChI is InChI=1S/C22H24N4O3.ClH/c1-28-17-11-9-16(10-12-17)19(27)24-18(15-7-3-2-4-8-15)20-25-21(26-29-20)22(23)13-5-6-14-22;/h2-4,7-12,18H,5-6,13-14,23H2,1H3,(H,24,27);1H. The van der Waals surface area contributed by atoms with Crippen LogP contribution >= 0.6 is 12.4 Å². The Bertz CT molecular complexity index is 970. The predicted molar refractivity (Wildman–Crippen MR) is 115 cm³/mol. The number of halogens is 1. The van der Waals surface area contributed by atoms with Crippen LogP contribution in [0.5, 0.6) is 5.75 Å². The second-order valence-corrected chi connectivity index (χ2v) is 7.37. The highest BCUT2D eigenvalue weighted by Gasteiger charge is 2.37. The average molecular weight is 429 g/mol. The molecule has 158 valence electrons. The molecule has 1 atom stereocenters. The minimum atomic E-state index is -0.572. The van der Waals surface area contributed by atoms with Crippen molar-refractivity contribution in [3.63, 3.8) is 0 Å². The predicted octanol–water partition coefficient (Wildman–Crippen LogP) is 3.75. The molecule has 1 aliphatic carbocycles. The van der Waals surface area contributed by atoms with Crippen LogP contribution < -0.4 is 15.8 Å². The topological polar surface area (TPSA) is 103 Å². The van der Waals surface area contributed by atoms with Gasteiger partial charge in [0.1, 0.15) is 11.8 Å². The van der Waals surface area contributed by atoms with Gasteiger partial charge in [-0.3, -0.25) is 4.79 Å². The van der Waals surface area contributed by atoms with Crippen LogP contribution in [0.1, 0.15) is 59.4 Å². The zero-order chi connectivity index (χ0) is 20.3. The van der Waals surface area contributed by atoms with Crippen molar-refractivity contribution in [3.8, 4) is 5.75 Å².